The van der Waals surface area contributed by atoms with Gasteiger partial charge in [0.15, 0.2) is 11.6 Å². The van der Waals surface area contributed by atoms with E-state index < -0.39 is 0 Å². The Labute approximate surface area is 115 Å². The molecule has 0 unspecified atom stereocenters. The summed E-state index contributed by atoms with van der Waals surface area (Å²) >= 11 is 0. The van der Waals surface area contributed by atoms with E-state index in [9.17, 15) is 0 Å². The van der Waals surface area contributed by atoms with Gasteiger partial charge in [-0.25, -0.2) is 9.97 Å². The minimum atomic E-state index is 0.329. The van der Waals surface area contributed by atoms with Crippen LogP contribution in [0.25, 0.3) is 11.4 Å². The van der Waals surface area contributed by atoms with E-state index in [1.807, 2.05) is 25.1 Å². The maximum Gasteiger partial charge on any atom is 0.154 e. The molecule has 0 radical (unpaired) electrons. The molecule has 3 aromatic heterocycles. The quantitative estimate of drug-likeness (QED) is 0.669. The molecule has 0 spiro atoms. The molecule has 3 rings (SSSR count). The van der Waals surface area contributed by atoms with Crippen LogP contribution in [0.2, 0.25) is 0 Å². The van der Waals surface area contributed by atoms with Crippen LogP contribution in [0.3, 0.4) is 0 Å². The second-order valence-corrected chi connectivity index (χ2v) is 4.29. The highest BCUT2D eigenvalue weighted by Gasteiger charge is 2.10. The molecule has 3 aromatic rings. The molecule has 0 aliphatic carbocycles. The van der Waals surface area contributed by atoms with Crippen molar-refractivity contribution >= 4 is 17.3 Å². The Morgan fingerprint density at radius 1 is 1.25 bits per heavy atom. The fourth-order valence-electron chi connectivity index (χ4n) is 1.78. The standard InChI is InChI=1S/C13H13N7/c1-8-6-10(20-19-8)12-13(14)18-11(7-16-12)17-9-2-4-15-5-3-9/h2-7H,1H3,(H,19,20)(H3,14,15,17,18). The Bertz CT molecular complexity index is 721. The van der Waals surface area contributed by atoms with Crippen molar-refractivity contribution in [2.24, 2.45) is 0 Å². The molecule has 0 bridgehead atoms. The van der Waals surface area contributed by atoms with E-state index in [0.29, 0.717) is 23.0 Å². The van der Waals surface area contributed by atoms with Crippen molar-refractivity contribution < 1.29 is 0 Å². The molecule has 0 aliphatic rings. The number of rotatable bonds is 3. The predicted octanol–water partition coefficient (Wildman–Crippen LogP) is 1.90. The second kappa shape index (κ2) is 4.96. The van der Waals surface area contributed by atoms with E-state index in [1.165, 1.54) is 0 Å². The zero-order valence-electron chi connectivity index (χ0n) is 10.8. The Kier molecular flexibility index (Phi) is 3.00. The molecule has 4 N–H and O–H groups in total. The highest BCUT2D eigenvalue weighted by Crippen LogP contribution is 2.22. The minimum absolute atomic E-state index is 0.329. The maximum atomic E-state index is 5.94. The average Bonchev–Trinajstić information content (AvgIpc) is 2.86. The average molecular weight is 267 g/mol. The van der Waals surface area contributed by atoms with Crippen LogP contribution in [0.15, 0.2) is 36.8 Å². The number of hydrogen-bond donors (Lipinski definition) is 3. The highest BCUT2D eigenvalue weighted by molar-refractivity contribution is 5.69. The number of nitrogen functional groups attached to an aromatic ring is 1. The lowest BCUT2D eigenvalue weighted by Gasteiger charge is -2.07. The van der Waals surface area contributed by atoms with Gasteiger partial charge >= 0.3 is 0 Å². The Hall–Kier alpha value is -2.96. The lowest BCUT2D eigenvalue weighted by molar-refractivity contribution is 1.04. The number of nitrogens with zero attached hydrogens (tertiary/aromatic N) is 4. The molecule has 0 saturated heterocycles. The molecular weight excluding hydrogens is 254 g/mol. The van der Waals surface area contributed by atoms with E-state index >= 15 is 0 Å². The summed E-state index contributed by atoms with van der Waals surface area (Å²) in [6, 6.07) is 5.54. The molecule has 0 saturated carbocycles. The third-order valence-corrected chi connectivity index (χ3v) is 2.70. The van der Waals surface area contributed by atoms with Crippen LogP contribution in [0.1, 0.15) is 5.69 Å². The first kappa shape index (κ1) is 12.1. The number of nitrogens with one attached hydrogen (secondary N) is 2. The lowest BCUT2D eigenvalue weighted by Crippen LogP contribution is -2.01. The summed E-state index contributed by atoms with van der Waals surface area (Å²) in [5.41, 5.74) is 9.00. The smallest absolute Gasteiger partial charge is 0.154 e. The van der Waals surface area contributed by atoms with Crippen molar-refractivity contribution in [2.75, 3.05) is 11.1 Å². The van der Waals surface area contributed by atoms with E-state index in [0.717, 1.165) is 11.4 Å². The molecule has 0 fully saturated rings. The van der Waals surface area contributed by atoms with Crippen LogP contribution in [-0.4, -0.2) is 25.1 Å². The summed E-state index contributed by atoms with van der Waals surface area (Å²) in [5.74, 6) is 0.903. The third kappa shape index (κ3) is 2.41. The molecule has 20 heavy (non-hydrogen) atoms. The van der Waals surface area contributed by atoms with E-state index in [-0.39, 0.29) is 0 Å². The van der Waals surface area contributed by atoms with Gasteiger partial charge in [0.2, 0.25) is 0 Å². The molecule has 0 aliphatic heterocycles. The first-order chi connectivity index (χ1) is 9.72. The number of aromatic amines is 1. The first-order valence-corrected chi connectivity index (χ1v) is 6.04. The molecule has 7 heteroatoms. The summed E-state index contributed by atoms with van der Waals surface area (Å²) < 4.78 is 0. The zero-order valence-corrected chi connectivity index (χ0v) is 10.8. The summed E-state index contributed by atoms with van der Waals surface area (Å²) in [5, 5.41) is 10.1. The van der Waals surface area contributed by atoms with Crippen LogP contribution >= 0.6 is 0 Å². The van der Waals surface area contributed by atoms with Gasteiger partial charge in [-0.05, 0) is 25.1 Å². The number of nitrogens with two attached hydrogens (primary N) is 1. The van der Waals surface area contributed by atoms with E-state index in [2.05, 4.69) is 30.5 Å². The minimum Gasteiger partial charge on any atom is -0.382 e. The zero-order chi connectivity index (χ0) is 13.9. The van der Waals surface area contributed by atoms with Crippen LogP contribution in [-0.2, 0) is 0 Å². The number of anilines is 3. The van der Waals surface area contributed by atoms with Crippen molar-refractivity contribution in [3.8, 4) is 11.4 Å². The predicted molar refractivity (Wildman–Crippen MR) is 76.3 cm³/mol. The normalized spacial score (nSPS) is 10.4. The summed E-state index contributed by atoms with van der Waals surface area (Å²) in [6.07, 6.45) is 5.01. The second-order valence-electron chi connectivity index (χ2n) is 4.29. The van der Waals surface area contributed by atoms with Crippen molar-refractivity contribution in [1.29, 1.82) is 0 Å². The summed E-state index contributed by atoms with van der Waals surface area (Å²) in [4.78, 5) is 12.5. The van der Waals surface area contributed by atoms with Crippen LogP contribution in [0, 0.1) is 6.92 Å². The molecule has 3 heterocycles. The highest BCUT2D eigenvalue weighted by atomic mass is 15.1. The van der Waals surface area contributed by atoms with Gasteiger partial charge in [0.05, 0.1) is 6.20 Å². The van der Waals surface area contributed by atoms with Gasteiger partial charge in [-0.3, -0.25) is 10.1 Å². The first-order valence-electron chi connectivity index (χ1n) is 6.04. The fourth-order valence-corrected chi connectivity index (χ4v) is 1.78. The molecule has 7 nitrogen and oxygen atoms in total. The largest absolute Gasteiger partial charge is 0.382 e. The SMILES string of the molecule is Cc1cc(-c2ncc(Nc3ccncc3)nc2N)n[nH]1. The number of pyridine rings is 1. The van der Waals surface area contributed by atoms with Gasteiger partial charge in [-0.1, -0.05) is 0 Å². The topological polar surface area (TPSA) is 105 Å². The van der Waals surface area contributed by atoms with E-state index in [1.54, 1.807) is 18.6 Å². The monoisotopic (exact) mass is 267 g/mol. The van der Waals surface area contributed by atoms with Gasteiger partial charge in [-0.15, -0.1) is 0 Å². The van der Waals surface area contributed by atoms with Crippen LogP contribution in [0.5, 0.6) is 0 Å². The molecule has 0 aromatic carbocycles. The van der Waals surface area contributed by atoms with Gasteiger partial charge < -0.3 is 11.1 Å². The Morgan fingerprint density at radius 3 is 2.70 bits per heavy atom. The Morgan fingerprint density at radius 2 is 2.05 bits per heavy atom. The molecule has 0 amide bonds. The van der Waals surface area contributed by atoms with Crippen molar-refractivity contribution in [2.45, 2.75) is 6.92 Å². The number of H-pyrrole nitrogens is 1. The van der Waals surface area contributed by atoms with Crippen molar-refractivity contribution in [1.82, 2.24) is 25.1 Å². The maximum absolute atomic E-state index is 5.94. The van der Waals surface area contributed by atoms with Crippen molar-refractivity contribution in [3.63, 3.8) is 0 Å². The van der Waals surface area contributed by atoms with Crippen LogP contribution in [0.4, 0.5) is 17.3 Å². The molecule has 0 atom stereocenters. The summed E-state index contributed by atoms with van der Waals surface area (Å²) in [7, 11) is 0. The lowest BCUT2D eigenvalue weighted by atomic mass is 10.3. The summed E-state index contributed by atoms with van der Waals surface area (Å²) in [6.45, 7) is 1.92. The van der Waals surface area contributed by atoms with Gasteiger partial charge in [0.25, 0.3) is 0 Å². The number of aromatic nitrogens is 5. The Balaban J connectivity index is 1.88. The van der Waals surface area contributed by atoms with Gasteiger partial charge in [-0.2, -0.15) is 5.10 Å². The number of hydrogen-bond acceptors (Lipinski definition) is 6. The van der Waals surface area contributed by atoms with Crippen LogP contribution < -0.4 is 11.1 Å². The fraction of sp³-hybridized carbons (Fsp3) is 0.0769. The molecule has 100 valence electrons. The number of aryl methyl sites for hydroxylation is 1. The van der Waals surface area contributed by atoms with E-state index in [4.69, 9.17) is 5.73 Å². The van der Waals surface area contributed by atoms with Gasteiger partial charge in [0, 0.05) is 23.8 Å². The van der Waals surface area contributed by atoms with Crippen molar-refractivity contribution in [3.05, 3.63) is 42.5 Å². The third-order valence-electron chi connectivity index (χ3n) is 2.70. The van der Waals surface area contributed by atoms with Gasteiger partial charge in [0.1, 0.15) is 11.4 Å². The molecular formula is C13H13N7.